The molecule has 3 rings (SSSR count). The Bertz CT molecular complexity index is 921. The fraction of sp³-hybridized carbons (Fsp3) is 0.500. The van der Waals surface area contributed by atoms with E-state index in [0.29, 0.717) is 12.1 Å². The van der Waals surface area contributed by atoms with Crippen molar-refractivity contribution < 1.29 is 26.4 Å². The van der Waals surface area contributed by atoms with Gasteiger partial charge in [0.25, 0.3) is 0 Å². The fourth-order valence-corrected chi connectivity index (χ4v) is 6.49. The molecule has 2 aliphatic rings. The van der Waals surface area contributed by atoms with Crippen LogP contribution in [0.3, 0.4) is 0 Å². The zero-order valence-corrected chi connectivity index (χ0v) is 15.9. The molecule has 0 N–H and O–H groups in total. The van der Waals surface area contributed by atoms with Gasteiger partial charge in [0.15, 0.2) is 9.84 Å². The average Bonchev–Trinajstić information content (AvgIpc) is 2.94. The fourth-order valence-electron chi connectivity index (χ4n) is 3.23. The number of anilines is 1. The van der Waals surface area contributed by atoms with Crippen molar-refractivity contribution in [1.29, 1.82) is 0 Å². The van der Waals surface area contributed by atoms with Crippen LogP contribution in [0.4, 0.5) is 5.69 Å². The Morgan fingerprint density at radius 2 is 1.65 bits per heavy atom. The lowest BCUT2D eigenvalue weighted by Crippen LogP contribution is -2.40. The third-order valence-electron chi connectivity index (χ3n) is 4.77. The van der Waals surface area contributed by atoms with Gasteiger partial charge in [-0.15, -0.1) is 0 Å². The van der Waals surface area contributed by atoms with E-state index in [-0.39, 0.29) is 47.5 Å². The van der Waals surface area contributed by atoms with Crippen LogP contribution in [-0.2, 0) is 29.4 Å². The molecule has 1 aromatic rings. The molecule has 2 amide bonds. The largest absolute Gasteiger partial charge is 0.274 e. The summed E-state index contributed by atoms with van der Waals surface area (Å²) in [6.07, 6.45) is 1.36. The number of hydrogen-bond donors (Lipinski definition) is 0. The zero-order chi connectivity index (χ0) is 19.1. The molecule has 0 saturated carbocycles. The van der Waals surface area contributed by atoms with Crippen molar-refractivity contribution in [1.82, 2.24) is 4.31 Å². The van der Waals surface area contributed by atoms with Gasteiger partial charge in [-0.1, -0.05) is 0 Å². The molecule has 2 aliphatic heterocycles. The highest BCUT2D eigenvalue weighted by Gasteiger charge is 2.36. The van der Waals surface area contributed by atoms with Crippen LogP contribution in [0.1, 0.15) is 25.7 Å². The second-order valence-corrected chi connectivity index (χ2v) is 10.8. The van der Waals surface area contributed by atoms with E-state index < -0.39 is 25.9 Å². The van der Waals surface area contributed by atoms with Gasteiger partial charge in [-0.3, -0.25) is 14.5 Å². The van der Waals surface area contributed by atoms with Crippen molar-refractivity contribution in [2.24, 2.45) is 0 Å². The molecule has 0 bridgehead atoms. The maximum atomic E-state index is 12.7. The lowest BCUT2D eigenvalue weighted by atomic mass is 10.1. The first-order valence-electron chi connectivity index (χ1n) is 8.26. The smallest absolute Gasteiger partial charge is 0.243 e. The number of rotatable bonds is 4. The molecule has 0 aromatic heterocycles. The standard InChI is InChI=1S/C16H20N2O6S2/c1-17(13-9-10-25(21,22)11-13)26(23,24)14-7-5-12(6-8-14)18-15(19)3-2-4-16(18)20/h5-8,13H,2-4,9-11H2,1H3. The minimum Gasteiger partial charge on any atom is -0.274 e. The van der Waals surface area contributed by atoms with Gasteiger partial charge in [-0.2, -0.15) is 4.31 Å². The monoisotopic (exact) mass is 400 g/mol. The number of imide groups is 1. The predicted molar refractivity (Wildman–Crippen MR) is 94.8 cm³/mol. The number of carbonyl (C=O) groups is 2. The topological polar surface area (TPSA) is 109 Å². The van der Waals surface area contributed by atoms with Crippen molar-refractivity contribution in [3.05, 3.63) is 24.3 Å². The molecule has 1 atom stereocenters. The summed E-state index contributed by atoms with van der Waals surface area (Å²) in [5.41, 5.74) is 0.338. The lowest BCUT2D eigenvalue weighted by molar-refractivity contribution is -0.129. The highest BCUT2D eigenvalue weighted by atomic mass is 32.2. The molecule has 8 nitrogen and oxygen atoms in total. The zero-order valence-electron chi connectivity index (χ0n) is 14.3. The third kappa shape index (κ3) is 3.53. The Balaban J connectivity index is 1.83. The molecule has 2 heterocycles. The van der Waals surface area contributed by atoms with Crippen molar-refractivity contribution >= 4 is 37.4 Å². The Kier molecular flexibility index (Phi) is 4.93. The molecule has 2 saturated heterocycles. The van der Waals surface area contributed by atoms with E-state index >= 15 is 0 Å². The Hall–Kier alpha value is -1.78. The van der Waals surface area contributed by atoms with Crippen LogP contribution in [0.25, 0.3) is 0 Å². The van der Waals surface area contributed by atoms with Crippen molar-refractivity contribution in [2.75, 3.05) is 23.5 Å². The predicted octanol–water partition coefficient (Wildman–Crippen LogP) is 0.538. The number of benzene rings is 1. The second-order valence-electron chi connectivity index (χ2n) is 6.55. The van der Waals surface area contributed by atoms with E-state index in [2.05, 4.69) is 0 Å². The SMILES string of the molecule is CN(C1CCS(=O)(=O)C1)S(=O)(=O)c1ccc(N2C(=O)CCCC2=O)cc1. The molecule has 0 spiro atoms. The maximum Gasteiger partial charge on any atom is 0.243 e. The minimum absolute atomic E-state index is 0.00930. The minimum atomic E-state index is -3.87. The van der Waals surface area contributed by atoms with Crippen LogP contribution < -0.4 is 4.90 Å². The van der Waals surface area contributed by atoms with Gasteiger partial charge in [0.2, 0.25) is 21.8 Å². The Morgan fingerprint density at radius 1 is 1.08 bits per heavy atom. The van der Waals surface area contributed by atoms with E-state index in [1.807, 2.05) is 0 Å². The molecule has 2 fully saturated rings. The van der Waals surface area contributed by atoms with Crippen molar-refractivity contribution in [2.45, 2.75) is 36.6 Å². The molecule has 26 heavy (non-hydrogen) atoms. The summed E-state index contributed by atoms with van der Waals surface area (Å²) in [5.74, 6) is -0.803. The van der Waals surface area contributed by atoms with E-state index in [1.165, 1.54) is 31.3 Å². The molecular formula is C16H20N2O6S2. The van der Waals surface area contributed by atoms with E-state index in [4.69, 9.17) is 0 Å². The number of piperidine rings is 1. The highest BCUT2D eigenvalue weighted by molar-refractivity contribution is 7.92. The number of amides is 2. The Labute approximate surface area is 152 Å². The number of sulfone groups is 1. The normalized spacial score (nSPS) is 23.6. The number of hydrogen-bond acceptors (Lipinski definition) is 6. The summed E-state index contributed by atoms with van der Waals surface area (Å²) in [7, 11) is -5.70. The van der Waals surface area contributed by atoms with Crippen LogP contribution in [0.2, 0.25) is 0 Å². The molecule has 10 heteroatoms. The lowest BCUT2D eigenvalue weighted by Gasteiger charge is -2.26. The molecule has 0 radical (unpaired) electrons. The summed E-state index contributed by atoms with van der Waals surface area (Å²) >= 11 is 0. The summed E-state index contributed by atoms with van der Waals surface area (Å²) in [6, 6.07) is 4.93. The summed E-state index contributed by atoms with van der Waals surface area (Å²) in [5, 5.41) is 0. The van der Waals surface area contributed by atoms with Gasteiger partial charge in [-0.05, 0) is 37.1 Å². The first-order valence-corrected chi connectivity index (χ1v) is 11.5. The van der Waals surface area contributed by atoms with Crippen LogP contribution in [0.15, 0.2) is 29.2 Å². The van der Waals surface area contributed by atoms with E-state index in [9.17, 15) is 26.4 Å². The quantitative estimate of drug-likeness (QED) is 0.683. The summed E-state index contributed by atoms with van der Waals surface area (Å²) < 4.78 is 49.7. The van der Waals surface area contributed by atoms with Gasteiger partial charge in [0.1, 0.15) is 0 Å². The molecule has 142 valence electrons. The number of sulfonamides is 1. The van der Waals surface area contributed by atoms with E-state index in [0.717, 1.165) is 9.21 Å². The molecule has 1 unspecified atom stereocenters. The highest BCUT2D eigenvalue weighted by Crippen LogP contribution is 2.27. The van der Waals surface area contributed by atoms with Crippen LogP contribution in [0, 0.1) is 0 Å². The summed E-state index contributed by atoms with van der Waals surface area (Å²) in [4.78, 5) is 25.0. The maximum absolute atomic E-state index is 12.7. The van der Waals surface area contributed by atoms with Gasteiger partial charge in [-0.25, -0.2) is 16.8 Å². The molecule has 0 aliphatic carbocycles. The molecular weight excluding hydrogens is 380 g/mol. The number of nitrogens with zero attached hydrogens (tertiary/aromatic N) is 2. The van der Waals surface area contributed by atoms with Crippen LogP contribution in [0.5, 0.6) is 0 Å². The van der Waals surface area contributed by atoms with Gasteiger partial charge in [0.05, 0.1) is 22.1 Å². The average molecular weight is 400 g/mol. The van der Waals surface area contributed by atoms with Crippen molar-refractivity contribution in [3.8, 4) is 0 Å². The molecule has 1 aromatic carbocycles. The van der Waals surface area contributed by atoms with E-state index in [1.54, 1.807) is 0 Å². The van der Waals surface area contributed by atoms with Gasteiger partial charge >= 0.3 is 0 Å². The van der Waals surface area contributed by atoms with Gasteiger partial charge in [0, 0.05) is 25.9 Å². The summed E-state index contributed by atoms with van der Waals surface area (Å²) in [6.45, 7) is 0. The third-order valence-corrected chi connectivity index (χ3v) is 8.45. The first-order chi connectivity index (χ1) is 12.1. The van der Waals surface area contributed by atoms with Gasteiger partial charge < -0.3 is 0 Å². The second kappa shape index (κ2) is 6.75. The number of carbonyl (C=O) groups excluding carboxylic acids is 2. The van der Waals surface area contributed by atoms with Crippen LogP contribution >= 0.6 is 0 Å². The Morgan fingerprint density at radius 3 is 2.15 bits per heavy atom. The van der Waals surface area contributed by atoms with Crippen molar-refractivity contribution in [3.63, 3.8) is 0 Å². The van der Waals surface area contributed by atoms with Crippen LogP contribution in [-0.4, -0.2) is 57.6 Å². The first kappa shape index (κ1) is 19.0.